The van der Waals surface area contributed by atoms with Crippen LogP contribution in [0.4, 0.5) is 10.5 Å². The van der Waals surface area contributed by atoms with Crippen molar-refractivity contribution < 1.29 is 44.6 Å². The molecule has 4 aliphatic heterocycles. The number of phenols is 2. The second kappa shape index (κ2) is 18.7. The predicted octanol–water partition coefficient (Wildman–Crippen LogP) is -0.0946. The zero-order valence-corrected chi connectivity index (χ0v) is 32.4. The molecule has 4 aliphatic rings. The smallest absolute Gasteiger partial charge is 0.404 e. The molecule has 0 radical (unpaired) electrons. The van der Waals surface area contributed by atoms with E-state index in [1.807, 2.05) is 6.07 Å². The van der Waals surface area contributed by atoms with Crippen LogP contribution in [0.3, 0.4) is 0 Å². The number of phenolic OH excluding ortho intramolecular Hbond substituents is 2. The highest BCUT2D eigenvalue weighted by atomic mass is 16.6. The van der Waals surface area contributed by atoms with E-state index in [2.05, 4.69) is 63.5 Å². The molecule has 0 aliphatic carbocycles. The van der Waals surface area contributed by atoms with Crippen LogP contribution in [-0.4, -0.2) is 133 Å². The van der Waals surface area contributed by atoms with Crippen molar-refractivity contribution >= 4 is 29.6 Å². The van der Waals surface area contributed by atoms with Gasteiger partial charge < -0.3 is 62.9 Å². The molecular weight excluding hydrogens is 728 g/mol. The number of nitrogens with one attached hydrogen (secondary N) is 3. The van der Waals surface area contributed by atoms with Crippen molar-refractivity contribution in [2.75, 3.05) is 45.2 Å². The number of aromatic hydroxyl groups is 2. The standard InChI is InChI=1S/C18H28N2O.C10H17N7O5.C9H13NO3/c1-4-5-12-20-13-7-6-11-16(20)18(21)19-17-14(2)9-8-10-15(17)3;11-6-14-5-4(3-22-8(13)18)17(21)7(12)16-2-1-9(19,20)10(5,16)15-6;1-10-5-9(13)6-2-3-7(11)8(12)4-6/h8-10,16H,4-7,11-13H2,1-3H3,(H,19,21);4-5,19-20H,1-3,12H2,(H2,13,18)(H3,11,14,15);2-4,9-13H,5H2,1H3/t;4-,5-,10-;9-/m.00/s1. The van der Waals surface area contributed by atoms with Crippen molar-refractivity contribution in [2.24, 2.45) is 22.2 Å². The Bertz CT molecular complexity index is 1740. The largest absolute Gasteiger partial charge is 0.744 e. The minimum atomic E-state index is -2.24. The Balaban J connectivity index is 0.000000193. The first kappa shape index (κ1) is 43.6. The highest BCUT2D eigenvalue weighted by Crippen LogP contribution is 2.44. The molecule has 1 unspecified atom stereocenters. The Kier molecular flexibility index (Phi) is 14.6. The number of carbonyl (C=O) groups is 2. The summed E-state index contributed by atoms with van der Waals surface area (Å²) in [5.74, 6) is -2.79. The first-order valence-electron chi connectivity index (χ1n) is 18.8. The molecule has 2 fully saturated rings. The van der Waals surface area contributed by atoms with Crippen molar-refractivity contribution in [3.05, 3.63) is 58.3 Å². The monoisotopic (exact) mass is 786 g/mol. The van der Waals surface area contributed by atoms with Gasteiger partial charge in [0.2, 0.25) is 17.4 Å². The molecule has 19 heteroatoms. The molecule has 0 bridgehead atoms. The number of rotatable bonds is 10. The van der Waals surface area contributed by atoms with Crippen LogP contribution in [0.5, 0.6) is 11.5 Å². The second-order valence-electron chi connectivity index (χ2n) is 14.4. The second-order valence-corrected chi connectivity index (χ2v) is 14.4. The highest BCUT2D eigenvalue weighted by molar-refractivity contribution is 5.96. The number of amides is 2. The van der Waals surface area contributed by atoms with Gasteiger partial charge in [-0.05, 0) is 82.1 Å². The number of carbonyl (C=O) groups excluding carboxylic acids is 2. The number of ether oxygens (including phenoxy) is 1. The van der Waals surface area contributed by atoms with E-state index in [0.29, 0.717) is 16.8 Å². The maximum atomic E-state index is 12.7. The van der Waals surface area contributed by atoms with E-state index in [1.54, 1.807) is 13.1 Å². The summed E-state index contributed by atoms with van der Waals surface area (Å²) in [6, 6.07) is 8.33. The van der Waals surface area contributed by atoms with Gasteiger partial charge in [0.1, 0.15) is 12.6 Å². The van der Waals surface area contributed by atoms with E-state index in [1.165, 1.54) is 36.3 Å². The Hall–Kier alpha value is -5.08. The lowest BCUT2D eigenvalue weighted by Crippen LogP contribution is -2.79. The molecular formula is C37H58N10O9. The number of para-hydroxylation sites is 1. The summed E-state index contributed by atoms with van der Waals surface area (Å²) in [4.78, 5) is 31.2. The van der Waals surface area contributed by atoms with E-state index >= 15 is 0 Å². The Morgan fingerprint density at radius 2 is 1.82 bits per heavy atom. The number of likely N-dealkylation sites (tertiary alicyclic amines) is 1. The number of likely N-dealkylation sites (N-methyl/N-ethyl adjacent to an activating group) is 1. The molecule has 5 atom stereocenters. The summed E-state index contributed by atoms with van der Waals surface area (Å²) < 4.78 is 5.08. The maximum Gasteiger partial charge on any atom is 0.404 e. The quantitative estimate of drug-likeness (QED) is 0.0649. The predicted molar refractivity (Wildman–Crippen MR) is 209 cm³/mol. The van der Waals surface area contributed by atoms with Crippen LogP contribution in [-0.2, 0) is 9.53 Å². The molecule has 2 aromatic rings. The molecule has 310 valence electrons. The highest BCUT2D eigenvalue weighted by Gasteiger charge is 2.73. The topological polar surface area (TPSA) is 304 Å². The average molecular weight is 787 g/mol. The van der Waals surface area contributed by atoms with Gasteiger partial charge in [-0.15, -0.1) is 0 Å². The van der Waals surface area contributed by atoms with Gasteiger partial charge in [-0.25, -0.2) is 14.7 Å². The summed E-state index contributed by atoms with van der Waals surface area (Å²) in [5.41, 5.74) is 18.6. The van der Waals surface area contributed by atoms with Crippen LogP contribution in [0.25, 0.3) is 0 Å². The van der Waals surface area contributed by atoms with E-state index in [0.717, 1.165) is 42.7 Å². The van der Waals surface area contributed by atoms with E-state index < -0.39 is 42.3 Å². The van der Waals surface area contributed by atoms with Crippen molar-refractivity contribution in [3.63, 3.8) is 0 Å². The summed E-state index contributed by atoms with van der Waals surface area (Å²) in [7, 11) is 1.73. The van der Waals surface area contributed by atoms with Gasteiger partial charge in [0.15, 0.2) is 23.5 Å². The van der Waals surface area contributed by atoms with Crippen molar-refractivity contribution in [2.45, 2.75) is 95.0 Å². The number of piperidine rings is 1. The number of hydrogen-bond acceptors (Lipinski definition) is 16. The number of nitrogens with two attached hydrogens (primary N) is 3. The fourth-order valence-electron chi connectivity index (χ4n) is 7.56. The molecule has 14 N–H and O–H groups in total. The molecule has 4 heterocycles. The lowest BCUT2D eigenvalue weighted by molar-refractivity contribution is -0.529. The van der Waals surface area contributed by atoms with Crippen LogP contribution in [0, 0.1) is 19.1 Å². The number of hydrogen-bond donors (Lipinski definition) is 11. The number of benzene rings is 2. The number of aliphatic imine (C=N–C) groups is 1. The number of anilines is 1. The van der Waals surface area contributed by atoms with Crippen molar-refractivity contribution in [1.82, 2.24) is 20.4 Å². The molecule has 2 aromatic carbocycles. The molecule has 19 nitrogen and oxygen atoms in total. The van der Waals surface area contributed by atoms with Gasteiger partial charge in [0.05, 0.1) is 18.7 Å². The molecule has 0 saturated carbocycles. The van der Waals surface area contributed by atoms with Gasteiger partial charge in [0, 0.05) is 18.7 Å². The SMILES string of the molecule is CCCCN1CCCCC1C(=O)Nc1c(C)cccc1C.CNC[C@H](O)c1ccc(O)c(O)c1.NC(=O)OC[C@H]1[C@@H]2N=C(N)N[C@]23N(CCC3(O)O)C(N)=[N+]1[O-]. The van der Waals surface area contributed by atoms with Crippen molar-refractivity contribution in [1.29, 1.82) is 0 Å². The van der Waals surface area contributed by atoms with E-state index in [4.69, 9.17) is 27.4 Å². The number of aryl methyl sites for hydroxylation is 2. The molecule has 2 saturated heterocycles. The zero-order valence-electron chi connectivity index (χ0n) is 32.4. The zero-order chi connectivity index (χ0) is 41.4. The Labute approximate surface area is 326 Å². The normalized spacial score (nSPS) is 24.2. The number of primary amides is 1. The fourth-order valence-corrected chi connectivity index (χ4v) is 7.56. The Morgan fingerprint density at radius 1 is 1.12 bits per heavy atom. The van der Waals surface area contributed by atoms with Gasteiger partial charge in [-0.1, -0.05) is 44.0 Å². The van der Waals surface area contributed by atoms with Gasteiger partial charge in [-0.3, -0.25) is 20.2 Å². The molecule has 6 rings (SSSR count). The minimum absolute atomic E-state index is 0.0457. The summed E-state index contributed by atoms with van der Waals surface area (Å²) in [6.07, 6.45) is 3.91. The number of unbranched alkanes of at least 4 members (excludes halogenated alkanes) is 1. The van der Waals surface area contributed by atoms with Gasteiger partial charge >= 0.3 is 12.1 Å². The van der Waals surface area contributed by atoms with E-state index in [-0.39, 0.29) is 48.3 Å². The van der Waals surface area contributed by atoms with Crippen LogP contribution < -0.4 is 33.2 Å². The number of hydroxylamine groups is 1. The average Bonchev–Trinajstić information content (AvgIpc) is 3.65. The summed E-state index contributed by atoms with van der Waals surface area (Å²) in [6.45, 7) is 8.52. The summed E-state index contributed by atoms with van der Waals surface area (Å²) in [5, 5.41) is 69.4. The third-order valence-electron chi connectivity index (χ3n) is 10.5. The number of aliphatic hydroxyl groups excluding tert-OH is 1. The summed E-state index contributed by atoms with van der Waals surface area (Å²) >= 11 is 0. The van der Waals surface area contributed by atoms with Gasteiger partial charge in [0.25, 0.3) is 0 Å². The fraction of sp³-hybridized carbons (Fsp3) is 0.568. The molecule has 2 amide bonds. The third-order valence-corrected chi connectivity index (χ3v) is 10.5. The van der Waals surface area contributed by atoms with Crippen LogP contribution >= 0.6 is 0 Å². The number of aliphatic hydroxyl groups is 3. The number of guanidine groups is 2. The molecule has 0 aromatic heterocycles. The van der Waals surface area contributed by atoms with E-state index in [9.17, 15) is 30.1 Å². The van der Waals surface area contributed by atoms with Crippen LogP contribution in [0.15, 0.2) is 41.4 Å². The third kappa shape index (κ3) is 9.47. The van der Waals surface area contributed by atoms with Crippen molar-refractivity contribution in [3.8, 4) is 11.5 Å². The van der Waals surface area contributed by atoms with Crippen LogP contribution in [0.1, 0.15) is 68.2 Å². The minimum Gasteiger partial charge on any atom is -0.744 e. The number of nitrogens with zero attached hydrogens (tertiary/aromatic N) is 4. The first-order valence-corrected chi connectivity index (χ1v) is 18.8. The lowest BCUT2D eigenvalue weighted by Gasteiger charge is -2.47. The van der Waals surface area contributed by atoms with Gasteiger partial charge in [-0.2, -0.15) is 0 Å². The van der Waals surface area contributed by atoms with Crippen LogP contribution in [0.2, 0.25) is 0 Å². The Morgan fingerprint density at radius 3 is 2.45 bits per heavy atom. The molecule has 56 heavy (non-hydrogen) atoms. The lowest BCUT2D eigenvalue weighted by atomic mass is 9.86. The molecule has 1 spiro atoms. The maximum absolute atomic E-state index is 12.7. The first-order chi connectivity index (χ1) is 26.5.